The first-order valence-electron chi connectivity index (χ1n) is 4.63. The molecule has 14 heavy (non-hydrogen) atoms. The summed E-state index contributed by atoms with van der Waals surface area (Å²) in [6, 6.07) is 8.13. The summed E-state index contributed by atoms with van der Waals surface area (Å²) in [4.78, 5) is 4.50. The van der Waals surface area contributed by atoms with E-state index in [2.05, 4.69) is 34.1 Å². The minimum atomic E-state index is 0.903. The molecule has 0 fully saturated rings. The Morgan fingerprint density at radius 2 is 2.29 bits per heavy atom. The Morgan fingerprint density at radius 1 is 1.36 bits per heavy atom. The van der Waals surface area contributed by atoms with E-state index in [9.17, 15) is 0 Å². The molecular weight excluding hydrogens is 192 g/mol. The van der Waals surface area contributed by atoms with Crippen LogP contribution in [0.2, 0.25) is 0 Å². The first-order valence-corrected chi connectivity index (χ1v) is 5.58. The fourth-order valence-electron chi connectivity index (χ4n) is 1.29. The third kappa shape index (κ3) is 1.93. The molecule has 0 radical (unpaired) electrons. The van der Waals surface area contributed by atoms with Crippen LogP contribution in [0, 0.1) is 0 Å². The van der Waals surface area contributed by atoms with Gasteiger partial charge in [-0.15, -0.1) is 0 Å². The number of hydrogen-bond acceptors (Lipinski definition) is 3. The van der Waals surface area contributed by atoms with Gasteiger partial charge < -0.3 is 5.32 Å². The molecule has 0 aliphatic carbocycles. The number of hydrogen-bond donors (Lipinski definition) is 1. The van der Waals surface area contributed by atoms with Crippen molar-refractivity contribution in [2.45, 2.75) is 6.92 Å². The van der Waals surface area contributed by atoms with Crippen LogP contribution in [0.3, 0.4) is 0 Å². The van der Waals surface area contributed by atoms with Gasteiger partial charge in [-0.2, -0.15) is 11.3 Å². The van der Waals surface area contributed by atoms with Crippen LogP contribution in [-0.2, 0) is 0 Å². The Labute approximate surface area is 87.6 Å². The predicted molar refractivity (Wildman–Crippen MR) is 61.7 cm³/mol. The maximum atomic E-state index is 4.50. The highest BCUT2D eigenvalue weighted by Crippen LogP contribution is 2.20. The number of aromatic nitrogens is 1. The van der Waals surface area contributed by atoms with Crippen molar-refractivity contribution in [1.82, 2.24) is 4.98 Å². The highest BCUT2D eigenvalue weighted by Gasteiger charge is 1.99. The Hall–Kier alpha value is -1.35. The van der Waals surface area contributed by atoms with Gasteiger partial charge in [-0.25, -0.2) is 4.98 Å². The molecule has 0 aliphatic rings. The molecule has 0 atom stereocenters. The van der Waals surface area contributed by atoms with Gasteiger partial charge in [0.25, 0.3) is 0 Å². The van der Waals surface area contributed by atoms with Gasteiger partial charge in [-0.05, 0) is 30.5 Å². The highest BCUT2D eigenvalue weighted by atomic mass is 32.1. The SMILES string of the molecule is CCNc1cccc(-c2ccsc2)n1. The molecule has 2 heterocycles. The van der Waals surface area contributed by atoms with Crippen LogP contribution in [0.5, 0.6) is 0 Å². The molecule has 2 nitrogen and oxygen atoms in total. The summed E-state index contributed by atoms with van der Waals surface area (Å²) in [7, 11) is 0. The van der Waals surface area contributed by atoms with Gasteiger partial charge in [0.05, 0.1) is 5.69 Å². The van der Waals surface area contributed by atoms with Gasteiger partial charge in [0, 0.05) is 17.5 Å². The maximum Gasteiger partial charge on any atom is 0.126 e. The second-order valence-corrected chi connectivity index (χ2v) is 3.73. The zero-order valence-electron chi connectivity index (χ0n) is 8.03. The highest BCUT2D eigenvalue weighted by molar-refractivity contribution is 7.08. The van der Waals surface area contributed by atoms with E-state index in [0.29, 0.717) is 0 Å². The van der Waals surface area contributed by atoms with E-state index < -0.39 is 0 Å². The molecule has 0 saturated heterocycles. The molecule has 1 N–H and O–H groups in total. The fourth-order valence-corrected chi connectivity index (χ4v) is 1.93. The van der Waals surface area contributed by atoms with Crippen molar-refractivity contribution < 1.29 is 0 Å². The monoisotopic (exact) mass is 204 g/mol. The third-order valence-electron chi connectivity index (χ3n) is 1.92. The van der Waals surface area contributed by atoms with Gasteiger partial charge in [-0.1, -0.05) is 6.07 Å². The third-order valence-corrected chi connectivity index (χ3v) is 2.61. The summed E-state index contributed by atoms with van der Waals surface area (Å²) in [5.41, 5.74) is 2.22. The lowest BCUT2D eigenvalue weighted by Gasteiger charge is -2.03. The zero-order valence-corrected chi connectivity index (χ0v) is 8.84. The van der Waals surface area contributed by atoms with E-state index in [1.165, 1.54) is 5.56 Å². The van der Waals surface area contributed by atoms with Crippen LogP contribution in [-0.4, -0.2) is 11.5 Å². The summed E-state index contributed by atoms with van der Waals surface area (Å²) >= 11 is 1.69. The zero-order chi connectivity index (χ0) is 9.80. The minimum absolute atomic E-state index is 0.903. The Morgan fingerprint density at radius 3 is 3.00 bits per heavy atom. The molecule has 72 valence electrons. The van der Waals surface area contributed by atoms with Gasteiger partial charge in [-0.3, -0.25) is 0 Å². The van der Waals surface area contributed by atoms with Crippen LogP contribution in [0.4, 0.5) is 5.82 Å². The first kappa shape index (κ1) is 9.21. The standard InChI is InChI=1S/C11H12N2S/c1-2-12-11-5-3-4-10(13-11)9-6-7-14-8-9/h3-8H,2H2,1H3,(H,12,13). The minimum Gasteiger partial charge on any atom is -0.370 e. The smallest absolute Gasteiger partial charge is 0.126 e. The lowest BCUT2D eigenvalue weighted by Crippen LogP contribution is -1.99. The van der Waals surface area contributed by atoms with Gasteiger partial charge in [0.15, 0.2) is 0 Å². The summed E-state index contributed by atoms with van der Waals surface area (Å²) in [6.07, 6.45) is 0. The molecule has 2 aromatic heterocycles. The largest absolute Gasteiger partial charge is 0.370 e. The number of nitrogens with one attached hydrogen (secondary N) is 1. The van der Waals surface area contributed by atoms with E-state index in [1.54, 1.807) is 11.3 Å². The van der Waals surface area contributed by atoms with Gasteiger partial charge in [0.2, 0.25) is 0 Å². The lowest BCUT2D eigenvalue weighted by atomic mass is 10.2. The number of thiophene rings is 1. The summed E-state index contributed by atoms with van der Waals surface area (Å²) in [6.45, 7) is 2.97. The van der Waals surface area contributed by atoms with Crippen molar-refractivity contribution in [1.29, 1.82) is 0 Å². The van der Waals surface area contributed by atoms with Crippen LogP contribution in [0.1, 0.15) is 6.92 Å². The number of rotatable bonds is 3. The van der Waals surface area contributed by atoms with E-state index in [4.69, 9.17) is 0 Å². The Balaban J connectivity index is 2.31. The summed E-state index contributed by atoms with van der Waals surface area (Å²) < 4.78 is 0. The van der Waals surface area contributed by atoms with E-state index >= 15 is 0 Å². The summed E-state index contributed by atoms with van der Waals surface area (Å²) in [5.74, 6) is 0.941. The van der Waals surface area contributed by atoms with Crippen LogP contribution in [0.15, 0.2) is 35.0 Å². The Kier molecular flexibility index (Phi) is 2.79. The van der Waals surface area contributed by atoms with Crippen molar-refractivity contribution in [3.8, 4) is 11.3 Å². The van der Waals surface area contributed by atoms with Crippen LogP contribution < -0.4 is 5.32 Å². The molecule has 0 saturated carbocycles. The Bertz CT molecular complexity index is 395. The van der Waals surface area contributed by atoms with Crippen molar-refractivity contribution in [3.63, 3.8) is 0 Å². The normalized spacial score (nSPS) is 10.1. The number of nitrogens with zero attached hydrogens (tertiary/aromatic N) is 1. The lowest BCUT2D eigenvalue weighted by molar-refractivity contribution is 1.16. The molecule has 2 aromatic rings. The molecule has 0 spiro atoms. The van der Waals surface area contributed by atoms with Gasteiger partial charge in [0.1, 0.15) is 5.82 Å². The van der Waals surface area contributed by atoms with Crippen molar-refractivity contribution in [3.05, 3.63) is 35.0 Å². The second kappa shape index (κ2) is 4.24. The molecule has 2 rings (SSSR count). The number of anilines is 1. The molecule has 0 aliphatic heterocycles. The van der Waals surface area contributed by atoms with Crippen molar-refractivity contribution in [2.24, 2.45) is 0 Å². The van der Waals surface area contributed by atoms with E-state index in [-0.39, 0.29) is 0 Å². The topological polar surface area (TPSA) is 24.9 Å². The number of pyridine rings is 1. The fraction of sp³-hybridized carbons (Fsp3) is 0.182. The van der Waals surface area contributed by atoms with Crippen LogP contribution >= 0.6 is 11.3 Å². The van der Waals surface area contributed by atoms with Gasteiger partial charge >= 0.3 is 0 Å². The molecular formula is C11H12N2S. The molecule has 3 heteroatoms. The average Bonchev–Trinajstić information content (AvgIpc) is 2.71. The van der Waals surface area contributed by atoms with E-state index in [1.807, 2.05) is 18.2 Å². The van der Waals surface area contributed by atoms with E-state index in [0.717, 1.165) is 18.1 Å². The second-order valence-electron chi connectivity index (χ2n) is 2.95. The first-order chi connectivity index (χ1) is 6.90. The molecule has 0 unspecified atom stereocenters. The quantitative estimate of drug-likeness (QED) is 0.830. The molecule has 0 amide bonds. The van der Waals surface area contributed by atoms with Crippen molar-refractivity contribution in [2.75, 3.05) is 11.9 Å². The predicted octanol–water partition coefficient (Wildman–Crippen LogP) is 3.24. The molecule has 0 aromatic carbocycles. The molecule has 0 bridgehead atoms. The summed E-state index contributed by atoms with van der Waals surface area (Å²) in [5, 5.41) is 7.38. The average molecular weight is 204 g/mol. The van der Waals surface area contributed by atoms with Crippen LogP contribution in [0.25, 0.3) is 11.3 Å². The van der Waals surface area contributed by atoms with Crippen molar-refractivity contribution >= 4 is 17.2 Å². The maximum absolute atomic E-state index is 4.50.